The number of carbonyl (C=O) groups excluding carboxylic acids is 2. The Bertz CT molecular complexity index is 565. The second-order valence-corrected chi connectivity index (χ2v) is 6.76. The molecule has 126 valence electrons. The third-order valence-electron chi connectivity index (χ3n) is 3.85. The predicted molar refractivity (Wildman–Crippen MR) is 92.6 cm³/mol. The average Bonchev–Trinajstić information content (AvgIpc) is 3.31. The minimum atomic E-state index is -0.0780. The van der Waals surface area contributed by atoms with E-state index in [1.807, 2.05) is 13.0 Å². The van der Waals surface area contributed by atoms with Gasteiger partial charge in [-0.15, -0.1) is 0 Å². The first-order valence-electron chi connectivity index (χ1n) is 8.35. The van der Waals surface area contributed by atoms with Crippen molar-refractivity contribution in [2.75, 3.05) is 25.0 Å². The topological polar surface area (TPSA) is 70.2 Å². The van der Waals surface area contributed by atoms with Gasteiger partial charge in [-0.1, -0.05) is 13.8 Å². The van der Waals surface area contributed by atoms with Crippen molar-refractivity contribution in [2.24, 2.45) is 11.8 Å². The number of hydrogen-bond donors (Lipinski definition) is 3. The molecular weight excluding hydrogens is 290 g/mol. The molecule has 1 aliphatic rings. The fourth-order valence-corrected chi connectivity index (χ4v) is 2.25. The van der Waals surface area contributed by atoms with E-state index in [0.29, 0.717) is 24.6 Å². The number of aryl methyl sites for hydroxylation is 1. The van der Waals surface area contributed by atoms with Crippen molar-refractivity contribution in [3.05, 3.63) is 29.3 Å². The van der Waals surface area contributed by atoms with Gasteiger partial charge in [0.1, 0.15) is 0 Å². The second-order valence-electron chi connectivity index (χ2n) is 6.76. The number of rotatable bonds is 8. The Kier molecular flexibility index (Phi) is 6.16. The number of anilines is 1. The highest BCUT2D eigenvalue weighted by Crippen LogP contribution is 2.27. The molecule has 5 heteroatoms. The first kappa shape index (κ1) is 17.5. The molecule has 0 radical (unpaired) electrons. The van der Waals surface area contributed by atoms with Gasteiger partial charge in [-0.25, -0.2) is 0 Å². The van der Waals surface area contributed by atoms with Gasteiger partial charge in [-0.2, -0.15) is 0 Å². The van der Waals surface area contributed by atoms with E-state index in [9.17, 15) is 9.59 Å². The molecule has 0 aliphatic heterocycles. The van der Waals surface area contributed by atoms with E-state index in [2.05, 4.69) is 29.8 Å². The van der Waals surface area contributed by atoms with Gasteiger partial charge in [-0.3, -0.25) is 9.59 Å². The van der Waals surface area contributed by atoms with Crippen molar-refractivity contribution in [2.45, 2.75) is 33.6 Å². The first-order chi connectivity index (χ1) is 11.0. The molecule has 0 saturated heterocycles. The third-order valence-corrected chi connectivity index (χ3v) is 3.85. The van der Waals surface area contributed by atoms with E-state index in [1.165, 1.54) is 12.8 Å². The highest BCUT2D eigenvalue weighted by atomic mass is 16.2. The number of hydrogen-bond acceptors (Lipinski definition) is 3. The Balaban J connectivity index is 1.85. The molecule has 23 heavy (non-hydrogen) atoms. The lowest BCUT2D eigenvalue weighted by Gasteiger charge is -2.12. The molecular formula is C18H27N3O2. The van der Waals surface area contributed by atoms with Gasteiger partial charge in [-0.05, 0) is 61.9 Å². The molecule has 0 spiro atoms. The lowest BCUT2D eigenvalue weighted by Crippen LogP contribution is -2.30. The molecule has 3 N–H and O–H groups in total. The van der Waals surface area contributed by atoms with Crippen LogP contribution in [0.3, 0.4) is 0 Å². The zero-order chi connectivity index (χ0) is 16.8. The summed E-state index contributed by atoms with van der Waals surface area (Å²) in [6.45, 7) is 7.91. The quantitative estimate of drug-likeness (QED) is 0.689. The van der Waals surface area contributed by atoms with Gasteiger partial charge in [0.25, 0.3) is 5.91 Å². The van der Waals surface area contributed by atoms with Crippen molar-refractivity contribution in [3.63, 3.8) is 0 Å². The summed E-state index contributed by atoms with van der Waals surface area (Å²) in [6.07, 6.45) is 2.54. The summed E-state index contributed by atoms with van der Waals surface area (Å²) in [7, 11) is 0. The Morgan fingerprint density at radius 3 is 2.61 bits per heavy atom. The standard InChI is InChI=1S/C18H27N3O2/c1-12(2)9-20-18(23)15-6-7-16(13(3)8-15)21-17(22)11-19-10-14-4-5-14/h6-8,12,14,19H,4-5,9-11H2,1-3H3,(H,20,23)(H,21,22). The summed E-state index contributed by atoms with van der Waals surface area (Å²) in [6, 6.07) is 5.34. The molecule has 1 saturated carbocycles. The van der Waals surface area contributed by atoms with Crippen molar-refractivity contribution in [1.82, 2.24) is 10.6 Å². The third kappa shape index (κ3) is 6.02. The van der Waals surface area contributed by atoms with Crippen molar-refractivity contribution in [3.8, 4) is 0 Å². The number of carbonyl (C=O) groups is 2. The second kappa shape index (κ2) is 8.11. The molecule has 1 aromatic carbocycles. The van der Waals surface area contributed by atoms with Crippen LogP contribution in [0.2, 0.25) is 0 Å². The van der Waals surface area contributed by atoms with Crippen LogP contribution in [0.5, 0.6) is 0 Å². The lowest BCUT2D eigenvalue weighted by molar-refractivity contribution is -0.115. The maximum Gasteiger partial charge on any atom is 0.251 e. The number of benzene rings is 1. The van der Waals surface area contributed by atoms with Crippen LogP contribution in [0.15, 0.2) is 18.2 Å². The van der Waals surface area contributed by atoms with Crippen molar-refractivity contribution in [1.29, 1.82) is 0 Å². The minimum Gasteiger partial charge on any atom is -0.352 e. The van der Waals surface area contributed by atoms with E-state index >= 15 is 0 Å². The van der Waals surface area contributed by atoms with Crippen LogP contribution < -0.4 is 16.0 Å². The monoisotopic (exact) mass is 317 g/mol. The summed E-state index contributed by atoms with van der Waals surface area (Å²) >= 11 is 0. The maximum absolute atomic E-state index is 12.0. The molecule has 0 aromatic heterocycles. The Hall–Kier alpha value is -1.88. The molecule has 1 aromatic rings. The van der Waals surface area contributed by atoms with Gasteiger partial charge < -0.3 is 16.0 Å². The maximum atomic E-state index is 12.0. The highest BCUT2D eigenvalue weighted by Gasteiger charge is 2.20. The largest absolute Gasteiger partial charge is 0.352 e. The summed E-state index contributed by atoms with van der Waals surface area (Å²) in [4.78, 5) is 23.9. The van der Waals surface area contributed by atoms with E-state index < -0.39 is 0 Å². The average molecular weight is 317 g/mol. The Labute approximate surface area is 138 Å². The van der Waals surface area contributed by atoms with E-state index in [-0.39, 0.29) is 11.8 Å². The normalized spacial score (nSPS) is 13.9. The van der Waals surface area contributed by atoms with Crippen LogP contribution in [0.25, 0.3) is 0 Å². The van der Waals surface area contributed by atoms with Crippen LogP contribution in [0.1, 0.15) is 42.6 Å². The summed E-state index contributed by atoms with van der Waals surface area (Å²) in [5, 5.41) is 8.95. The van der Waals surface area contributed by atoms with Crippen LogP contribution in [-0.4, -0.2) is 31.4 Å². The number of nitrogens with one attached hydrogen (secondary N) is 3. The zero-order valence-corrected chi connectivity index (χ0v) is 14.2. The smallest absolute Gasteiger partial charge is 0.251 e. The Morgan fingerprint density at radius 2 is 2.00 bits per heavy atom. The van der Waals surface area contributed by atoms with Gasteiger partial charge in [0.05, 0.1) is 6.54 Å². The lowest BCUT2D eigenvalue weighted by atomic mass is 10.1. The molecule has 2 rings (SSSR count). The van der Waals surface area contributed by atoms with E-state index in [0.717, 1.165) is 23.7 Å². The van der Waals surface area contributed by atoms with Crippen LogP contribution in [0, 0.1) is 18.8 Å². The fourth-order valence-electron chi connectivity index (χ4n) is 2.25. The van der Waals surface area contributed by atoms with Gasteiger partial charge in [0, 0.05) is 17.8 Å². The van der Waals surface area contributed by atoms with Crippen LogP contribution in [0.4, 0.5) is 5.69 Å². The molecule has 0 bridgehead atoms. The molecule has 0 atom stereocenters. The van der Waals surface area contributed by atoms with Gasteiger partial charge in [0.15, 0.2) is 0 Å². The SMILES string of the molecule is Cc1cc(C(=O)NCC(C)C)ccc1NC(=O)CNCC1CC1. The highest BCUT2D eigenvalue weighted by molar-refractivity contribution is 5.97. The summed E-state index contributed by atoms with van der Waals surface area (Å²) in [5.74, 6) is 1.05. The molecule has 2 amide bonds. The summed E-state index contributed by atoms with van der Waals surface area (Å²) in [5.41, 5.74) is 2.26. The minimum absolute atomic E-state index is 0.0502. The van der Waals surface area contributed by atoms with Gasteiger partial charge in [0.2, 0.25) is 5.91 Å². The fraction of sp³-hybridized carbons (Fsp3) is 0.556. The molecule has 0 unspecified atom stereocenters. The predicted octanol–water partition coefficient (Wildman–Crippen LogP) is 2.32. The number of amides is 2. The molecule has 0 heterocycles. The van der Waals surface area contributed by atoms with Crippen LogP contribution in [-0.2, 0) is 4.79 Å². The molecule has 1 aliphatic carbocycles. The van der Waals surface area contributed by atoms with E-state index in [1.54, 1.807) is 12.1 Å². The van der Waals surface area contributed by atoms with Crippen LogP contribution >= 0.6 is 0 Å². The molecule has 5 nitrogen and oxygen atoms in total. The zero-order valence-electron chi connectivity index (χ0n) is 14.2. The van der Waals surface area contributed by atoms with Gasteiger partial charge >= 0.3 is 0 Å². The van der Waals surface area contributed by atoms with E-state index in [4.69, 9.17) is 0 Å². The molecule has 1 fully saturated rings. The van der Waals surface area contributed by atoms with Crippen molar-refractivity contribution >= 4 is 17.5 Å². The summed E-state index contributed by atoms with van der Waals surface area (Å²) < 4.78 is 0. The van der Waals surface area contributed by atoms with Crippen molar-refractivity contribution < 1.29 is 9.59 Å². The first-order valence-corrected chi connectivity index (χ1v) is 8.35. The Morgan fingerprint density at radius 1 is 1.26 bits per heavy atom.